The first kappa shape index (κ1) is 14.6. The molecule has 1 aromatic carbocycles. The lowest BCUT2D eigenvalue weighted by Crippen LogP contribution is -2.13. The molecule has 3 aromatic rings. The maximum atomic E-state index is 12.9. The second kappa shape index (κ2) is 5.49. The Hall–Kier alpha value is -2.28. The molecule has 0 spiro atoms. The number of aromatic amines is 1. The van der Waals surface area contributed by atoms with Crippen LogP contribution in [0.3, 0.4) is 0 Å². The maximum absolute atomic E-state index is 12.9. The summed E-state index contributed by atoms with van der Waals surface area (Å²) in [5, 5.41) is 4.31. The van der Waals surface area contributed by atoms with Crippen LogP contribution in [0.4, 0.5) is 8.78 Å². The van der Waals surface area contributed by atoms with E-state index >= 15 is 0 Å². The fourth-order valence-electron chi connectivity index (χ4n) is 2.34. The van der Waals surface area contributed by atoms with Gasteiger partial charge < -0.3 is 4.98 Å². The van der Waals surface area contributed by atoms with E-state index < -0.39 is 12.0 Å². The fraction of sp³-hybridized carbons (Fsp3) is 0.214. The van der Waals surface area contributed by atoms with E-state index in [2.05, 4.69) is 15.1 Å². The van der Waals surface area contributed by atoms with E-state index in [1.807, 2.05) is 0 Å². The molecule has 5 nitrogen and oxygen atoms in total. The van der Waals surface area contributed by atoms with Gasteiger partial charge in [0, 0.05) is 25.2 Å². The molecule has 22 heavy (non-hydrogen) atoms. The van der Waals surface area contributed by atoms with Crippen LogP contribution < -0.4 is 5.56 Å². The zero-order chi connectivity index (χ0) is 15.9. The van der Waals surface area contributed by atoms with Gasteiger partial charge >= 0.3 is 0 Å². The molecular formula is C14H11ClF2N4O. The molecule has 0 aliphatic heterocycles. The van der Waals surface area contributed by atoms with Gasteiger partial charge in [-0.3, -0.25) is 9.48 Å². The summed E-state index contributed by atoms with van der Waals surface area (Å²) in [4.78, 5) is 18.9. The fourth-order valence-corrected chi connectivity index (χ4v) is 2.59. The SMILES string of the molecule is Cn1cc(Cc2nc3cccc(Cl)c3c(=O)[nH]2)c(C(F)F)n1. The smallest absolute Gasteiger partial charge is 0.282 e. The van der Waals surface area contributed by atoms with E-state index in [9.17, 15) is 13.6 Å². The van der Waals surface area contributed by atoms with Gasteiger partial charge in [-0.25, -0.2) is 13.8 Å². The zero-order valence-electron chi connectivity index (χ0n) is 11.5. The second-order valence-electron chi connectivity index (χ2n) is 4.84. The molecule has 0 aliphatic carbocycles. The number of alkyl halides is 2. The maximum Gasteiger partial charge on any atom is 0.282 e. The molecule has 2 heterocycles. The number of hydrogen-bond donors (Lipinski definition) is 1. The van der Waals surface area contributed by atoms with Gasteiger partial charge in [0.1, 0.15) is 11.5 Å². The summed E-state index contributed by atoms with van der Waals surface area (Å²) < 4.78 is 27.2. The van der Waals surface area contributed by atoms with Gasteiger partial charge in [-0.1, -0.05) is 17.7 Å². The molecule has 0 aliphatic rings. The van der Waals surface area contributed by atoms with E-state index in [-0.39, 0.29) is 23.3 Å². The van der Waals surface area contributed by atoms with Crippen molar-refractivity contribution in [3.63, 3.8) is 0 Å². The lowest BCUT2D eigenvalue weighted by Gasteiger charge is -2.04. The average Bonchev–Trinajstić information content (AvgIpc) is 2.79. The highest BCUT2D eigenvalue weighted by atomic mass is 35.5. The predicted molar refractivity (Wildman–Crippen MR) is 78.3 cm³/mol. The Balaban J connectivity index is 2.07. The summed E-state index contributed by atoms with van der Waals surface area (Å²) in [5.74, 6) is 0.287. The zero-order valence-corrected chi connectivity index (χ0v) is 12.2. The second-order valence-corrected chi connectivity index (χ2v) is 5.24. The number of H-pyrrole nitrogens is 1. The molecular weight excluding hydrogens is 314 g/mol. The van der Waals surface area contributed by atoms with E-state index in [4.69, 9.17) is 11.6 Å². The molecule has 2 aromatic heterocycles. The number of rotatable bonds is 3. The van der Waals surface area contributed by atoms with Crippen LogP contribution in [0.15, 0.2) is 29.2 Å². The third-order valence-electron chi connectivity index (χ3n) is 3.23. The van der Waals surface area contributed by atoms with Crippen molar-refractivity contribution in [1.82, 2.24) is 19.7 Å². The molecule has 0 saturated carbocycles. The first-order valence-electron chi connectivity index (χ1n) is 6.43. The van der Waals surface area contributed by atoms with E-state index in [1.54, 1.807) is 25.2 Å². The summed E-state index contributed by atoms with van der Waals surface area (Å²) >= 11 is 5.97. The Morgan fingerprint density at radius 3 is 2.91 bits per heavy atom. The van der Waals surface area contributed by atoms with Crippen LogP contribution in [0.1, 0.15) is 23.5 Å². The highest BCUT2D eigenvalue weighted by Gasteiger charge is 2.18. The summed E-state index contributed by atoms with van der Waals surface area (Å²) in [6.07, 6.45) is -1.13. The number of halogens is 3. The standard InChI is InChI=1S/C14H11ClF2N4O/c1-21-6-7(12(20-21)13(16)17)5-10-18-9-4-2-3-8(15)11(9)14(22)19-10/h2-4,6,13H,5H2,1H3,(H,18,19,22). The highest BCUT2D eigenvalue weighted by Crippen LogP contribution is 2.23. The van der Waals surface area contributed by atoms with Crippen LogP contribution in [-0.4, -0.2) is 19.7 Å². The largest absolute Gasteiger partial charge is 0.310 e. The van der Waals surface area contributed by atoms with Crippen molar-refractivity contribution in [1.29, 1.82) is 0 Å². The number of fused-ring (bicyclic) bond motifs is 1. The molecule has 8 heteroatoms. The third kappa shape index (κ3) is 2.59. The van der Waals surface area contributed by atoms with E-state index in [0.717, 1.165) is 0 Å². The molecule has 0 fully saturated rings. The minimum atomic E-state index is -2.68. The molecule has 0 saturated heterocycles. The molecule has 0 unspecified atom stereocenters. The number of benzene rings is 1. The summed E-state index contributed by atoms with van der Waals surface area (Å²) in [6.45, 7) is 0. The van der Waals surface area contributed by atoms with Crippen LogP contribution in [-0.2, 0) is 13.5 Å². The van der Waals surface area contributed by atoms with Crippen molar-refractivity contribution >= 4 is 22.5 Å². The van der Waals surface area contributed by atoms with Gasteiger partial charge in [0.15, 0.2) is 0 Å². The number of hydrogen-bond acceptors (Lipinski definition) is 3. The topological polar surface area (TPSA) is 63.6 Å². The van der Waals surface area contributed by atoms with Crippen molar-refractivity contribution in [2.24, 2.45) is 7.05 Å². The Morgan fingerprint density at radius 1 is 1.41 bits per heavy atom. The van der Waals surface area contributed by atoms with Gasteiger partial charge in [-0.2, -0.15) is 5.10 Å². The van der Waals surface area contributed by atoms with Crippen LogP contribution in [0.5, 0.6) is 0 Å². The van der Waals surface area contributed by atoms with Gasteiger partial charge in [-0.15, -0.1) is 0 Å². The van der Waals surface area contributed by atoms with E-state index in [1.165, 1.54) is 10.9 Å². The quantitative estimate of drug-likeness (QED) is 0.805. The number of nitrogens with one attached hydrogen (secondary N) is 1. The molecule has 0 atom stereocenters. The average molecular weight is 325 g/mol. The Bertz CT molecular complexity index is 903. The monoisotopic (exact) mass is 324 g/mol. The van der Waals surface area contributed by atoms with Gasteiger partial charge in [0.25, 0.3) is 12.0 Å². The van der Waals surface area contributed by atoms with Gasteiger partial charge in [0.2, 0.25) is 0 Å². The third-order valence-corrected chi connectivity index (χ3v) is 3.55. The van der Waals surface area contributed by atoms with Gasteiger partial charge in [-0.05, 0) is 12.1 Å². The molecule has 3 rings (SSSR count). The first-order valence-corrected chi connectivity index (χ1v) is 6.81. The molecule has 1 N–H and O–H groups in total. The lowest BCUT2D eigenvalue weighted by atomic mass is 10.1. The molecule has 0 radical (unpaired) electrons. The highest BCUT2D eigenvalue weighted by molar-refractivity contribution is 6.35. The normalized spacial score (nSPS) is 11.5. The van der Waals surface area contributed by atoms with Crippen molar-refractivity contribution in [2.75, 3.05) is 0 Å². The molecule has 0 amide bonds. The summed E-state index contributed by atoms with van der Waals surface area (Å²) in [7, 11) is 1.56. The van der Waals surface area contributed by atoms with Crippen LogP contribution >= 0.6 is 11.6 Å². The van der Waals surface area contributed by atoms with Crippen molar-refractivity contribution in [2.45, 2.75) is 12.8 Å². The Labute approximate surface area is 128 Å². The van der Waals surface area contributed by atoms with Crippen LogP contribution in [0.2, 0.25) is 5.02 Å². The predicted octanol–water partition coefficient (Wildman–Crippen LogP) is 2.84. The van der Waals surface area contributed by atoms with Crippen molar-refractivity contribution in [3.8, 4) is 0 Å². The van der Waals surface area contributed by atoms with E-state index in [0.29, 0.717) is 16.1 Å². The molecule has 114 valence electrons. The number of nitrogens with zero attached hydrogens (tertiary/aromatic N) is 3. The number of aryl methyl sites for hydroxylation is 1. The minimum Gasteiger partial charge on any atom is -0.310 e. The Morgan fingerprint density at radius 2 is 2.18 bits per heavy atom. The summed E-state index contributed by atoms with van der Waals surface area (Å²) in [6, 6.07) is 4.92. The summed E-state index contributed by atoms with van der Waals surface area (Å²) in [5.41, 5.74) is 0.0418. The van der Waals surface area contributed by atoms with Crippen molar-refractivity contribution < 1.29 is 8.78 Å². The number of aromatic nitrogens is 4. The first-order chi connectivity index (χ1) is 10.5. The molecule has 0 bridgehead atoms. The minimum absolute atomic E-state index is 0.0607. The Kier molecular flexibility index (Phi) is 3.66. The lowest BCUT2D eigenvalue weighted by molar-refractivity contribution is 0.144. The van der Waals surface area contributed by atoms with Crippen LogP contribution in [0.25, 0.3) is 10.9 Å². The van der Waals surface area contributed by atoms with Gasteiger partial charge in [0.05, 0.1) is 15.9 Å². The van der Waals surface area contributed by atoms with Crippen molar-refractivity contribution in [3.05, 3.63) is 56.9 Å². The van der Waals surface area contributed by atoms with Crippen LogP contribution in [0, 0.1) is 0 Å².